The van der Waals surface area contributed by atoms with Gasteiger partial charge in [0.05, 0.1) is 4.86 Å². The third kappa shape index (κ3) is 1.66. The number of fused-ring (bicyclic) bond motifs is 1. The zero-order valence-electron chi connectivity index (χ0n) is 7.86. The molecule has 0 saturated carbocycles. The average molecular weight is 223 g/mol. The Bertz CT molecular complexity index is 564. The minimum absolute atomic E-state index is 0.0443. The Kier molecular flexibility index (Phi) is 2.32. The second-order valence-corrected chi connectivity index (χ2v) is 4.48. The largest absolute Gasteiger partial charge is 0.398 e. The van der Waals surface area contributed by atoms with E-state index in [0.29, 0.717) is 23.2 Å². The Morgan fingerprint density at radius 1 is 1.20 bits per heavy atom. The second-order valence-electron chi connectivity index (χ2n) is 3.43. The highest BCUT2D eigenvalue weighted by atomic mass is 32.2. The summed E-state index contributed by atoms with van der Waals surface area (Å²) in [5, 5.41) is 0. The number of anilines is 1. The van der Waals surface area contributed by atoms with Crippen LogP contribution in [0.15, 0.2) is 18.2 Å². The van der Waals surface area contributed by atoms with Gasteiger partial charge in [-0.15, -0.1) is 0 Å². The first-order valence-corrected chi connectivity index (χ1v) is 5.51. The maximum atomic E-state index is 11.6. The molecule has 0 bridgehead atoms. The molecule has 0 fully saturated rings. The van der Waals surface area contributed by atoms with Crippen LogP contribution in [-0.2, 0) is 16.7 Å². The first-order valence-electron chi connectivity index (χ1n) is 4.44. The normalized spacial score (nSPS) is 14.9. The van der Waals surface area contributed by atoms with Crippen molar-refractivity contribution in [1.29, 1.82) is 0 Å². The summed E-state index contributed by atoms with van der Waals surface area (Å²) in [5.74, 6) is -0.214. The van der Waals surface area contributed by atoms with Crippen molar-refractivity contribution in [2.24, 2.45) is 0 Å². The van der Waals surface area contributed by atoms with E-state index < -0.39 is 10.3 Å². The van der Waals surface area contributed by atoms with Crippen molar-refractivity contribution in [2.45, 2.75) is 12.8 Å². The monoisotopic (exact) mass is 223 g/mol. The van der Waals surface area contributed by atoms with Crippen LogP contribution < -0.4 is 5.73 Å². The zero-order valence-corrected chi connectivity index (χ0v) is 8.67. The van der Waals surface area contributed by atoms with Gasteiger partial charge in [0.15, 0.2) is 5.78 Å². The van der Waals surface area contributed by atoms with E-state index in [4.69, 9.17) is 5.73 Å². The lowest BCUT2D eigenvalue weighted by Crippen LogP contribution is -2.21. The molecular weight excluding hydrogens is 214 g/mol. The van der Waals surface area contributed by atoms with Crippen LogP contribution in [0, 0.1) is 0 Å². The summed E-state index contributed by atoms with van der Waals surface area (Å²) in [6.07, 6.45) is 0.250. The molecular formula is C10H9NO3S. The molecule has 0 radical (unpaired) electrons. The van der Waals surface area contributed by atoms with E-state index in [9.17, 15) is 13.2 Å². The van der Waals surface area contributed by atoms with E-state index in [0.717, 1.165) is 0 Å². The second kappa shape index (κ2) is 3.51. The third-order valence-electron chi connectivity index (χ3n) is 2.44. The van der Waals surface area contributed by atoms with Crippen LogP contribution in [0.1, 0.15) is 22.3 Å². The predicted molar refractivity (Wildman–Crippen MR) is 57.4 cm³/mol. The van der Waals surface area contributed by atoms with Crippen LogP contribution in [0.5, 0.6) is 0 Å². The van der Waals surface area contributed by atoms with Gasteiger partial charge in [0.2, 0.25) is 10.3 Å². The Labute approximate surface area is 88.2 Å². The quantitative estimate of drug-likeness (QED) is 0.511. The molecule has 2 N–H and O–H groups in total. The SMILES string of the molecule is Nc1cccc2c1C(=O)CC(=S(=O)=O)C2. The minimum atomic E-state index is -2.28. The smallest absolute Gasteiger partial charge is 0.213 e. The van der Waals surface area contributed by atoms with Gasteiger partial charge in [-0.1, -0.05) is 12.1 Å². The number of hydrogen-bond donors (Lipinski definition) is 1. The van der Waals surface area contributed by atoms with Crippen molar-refractivity contribution in [3.05, 3.63) is 29.3 Å². The lowest BCUT2D eigenvalue weighted by atomic mass is 9.89. The number of nitrogen functional groups attached to an aromatic ring is 1. The molecule has 0 aliphatic heterocycles. The molecule has 5 heteroatoms. The van der Waals surface area contributed by atoms with Crippen molar-refractivity contribution < 1.29 is 13.2 Å². The van der Waals surface area contributed by atoms with Crippen molar-refractivity contribution in [3.63, 3.8) is 0 Å². The summed E-state index contributed by atoms with van der Waals surface area (Å²) in [6.45, 7) is 0. The van der Waals surface area contributed by atoms with Gasteiger partial charge in [0, 0.05) is 24.1 Å². The van der Waals surface area contributed by atoms with Crippen LogP contribution >= 0.6 is 0 Å². The summed E-state index contributed by atoms with van der Waals surface area (Å²) in [4.78, 5) is 11.9. The summed E-state index contributed by atoms with van der Waals surface area (Å²) in [7, 11) is -2.28. The van der Waals surface area contributed by atoms with Gasteiger partial charge < -0.3 is 5.73 Å². The van der Waals surface area contributed by atoms with Crippen molar-refractivity contribution in [3.8, 4) is 0 Å². The van der Waals surface area contributed by atoms with E-state index in [1.165, 1.54) is 0 Å². The van der Waals surface area contributed by atoms with Gasteiger partial charge in [-0.25, -0.2) is 0 Å². The molecule has 1 aromatic carbocycles. The Balaban J connectivity index is 2.65. The molecule has 78 valence electrons. The maximum Gasteiger partial charge on any atom is 0.213 e. The van der Waals surface area contributed by atoms with Crippen LogP contribution in [0.4, 0.5) is 5.69 Å². The highest BCUT2D eigenvalue weighted by Crippen LogP contribution is 2.24. The van der Waals surface area contributed by atoms with E-state index in [2.05, 4.69) is 0 Å². The lowest BCUT2D eigenvalue weighted by molar-refractivity contribution is 0.0998. The van der Waals surface area contributed by atoms with E-state index in [-0.39, 0.29) is 17.1 Å². The molecule has 4 nitrogen and oxygen atoms in total. The molecule has 2 rings (SSSR count). The summed E-state index contributed by atoms with van der Waals surface area (Å²) in [6, 6.07) is 5.10. The molecule has 15 heavy (non-hydrogen) atoms. The summed E-state index contributed by atoms with van der Waals surface area (Å²) in [5.41, 5.74) is 7.27. The van der Waals surface area contributed by atoms with Crippen LogP contribution in [0.25, 0.3) is 0 Å². The Hall–Kier alpha value is -1.62. The van der Waals surface area contributed by atoms with Crippen LogP contribution in [0.3, 0.4) is 0 Å². The standard InChI is InChI=1S/C10H9NO3S/c11-8-3-1-2-6-4-7(15(13)14)5-9(12)10(6)8/h1-3H,4-5,11H2. The molecule has 0 atom stereocenters. The number of nitrogens with two attached hydrogens (primary N) is 1. The number of benzene rings is 1. The highest BCUT2D eigenvalue weighted by molar-refractivity contribution is 7.73. The van der Waals surface area contributed by atoms with Gasteiger partial charge in [-0.3, -0.25) is 4.79 Å². The number of carbonyl (C=O) groups excluding carboxylic acids is 1. The summed E-state index contributed by atoms with van der Waals surface area (Å²) >= 11 is 0. The van der Waals surface area contributed by atoms with Gasteiger partial charge in [0.25, 0.3) is 0 Å². The van der Waals surface area contributed by atoms with Gasteiger partial charge in [-0.05, 0) is 11.6 Å². The topological polar surface area (TPSA) is 77.2 Å². The molecule has 1 aromatic rings. The number of Topliss-reactive ketones (excluding diaryl/α,β-unsaturated/α-hetero) is 1. The van der Waals surface area contributed by atoms with E-state index in [1.54, 1.807) is 18.2 Å². The number of carbonyl (C=O) groups is 1. The number of ketones is 1. The molecule has 0 spiro atoms. The molecule has 0 saturated heterocycles. The van der Waals surface area contributed by atoms with Gasteiger partial charge >= 0.3 is 0 Å². The first kappa shape index (κ1) is 9.92. The molecule has 0 heterocycles. The van der Waals surface area contributed by atoms with E-state index in [1.807, 2.05) is 0 Å². The first-order chi connectivity index (χ1) is 7.09. The van der Waals surface area contributed by atoms with Crippen molar-refractivity contribution in [1.82, 2.24) is 0 Å². The van der Waals surface area contributed by atoms with Crippen LogP contribution in [0.2, 0.25) is 0 Å². The minimum Gasteiger partial charge on any atom is -0.398 e. The van der Waals surface area contributed by atoms with Crippen molar-refractivity contribution >= 4 is 26.6 Å². The Morgan fingerprint density at radius 3 is 2.60 bits per heavy atom. The molecule has 1 aliphatic carbocycles. The van der Waals surface area contributed by atoms with Gasteiger partial charge in [-0.2, -0.15) is 8.42 Å². The fourth-order valence-electron chi connectivity index (χ4n) is 1.77. The van der Waals surface area contributed by atoms with E-state index >= 15 is 0 Å². The highest BCUT2D eigenvalue weighted by Gasteiger charge is 2.24. The average Bonchev–Trinajstić information content (AvgIpc) is 2.17. The number of rotatable bonds is 0. The van der Waals surface area contributed by atoms with Gasteiger partial charge in [0.1, 0.15) is 0 Å². The molecule has 0 aromatic heterocycles. The fraction of sp³-hybridized carbons (Fsp3) is 0.200. The van der Waals surface area contributed by atoms with Crippen LogP contribution in [-0.4, -0.2) is 19.1 Å². The molecule has 0 unspecified atom stereocenters. The Morgan fingerprint density at radius 2 is 1.93 bits per heavy atom. The zero-order chi connectivity index (χ0) is 11.0. The predicted octanol–water partition coefficient (Wildman–Crippen LogP) is 0.449. The third-order valence-corrected chi connectivity index (χ3v) is 3.20. The number of hydrogen-bond acceptors (Lipinski definition) is 4. The summed E-state index contributed by atoms with van der Waals surface area (Å²) < 4.78 is 21.5. The van der Waals surface area contributed by atoms with Crippen molar-refractivity contribution in [2.75, 3.05) is 5.73 Å². The molecule has 1 aliphatic rings. The fourth-order valence-corrected chi connectivity index (χ4v) is 2.29. The lowest BCUT2D eigenvalue weighted by Gasteiger charge is -2.16. The molecule has 0 amide bonds. The maximum absolute atomic E-state index is 11.6.